The van der Waals surface area contributed by atoms with Gasteiger partial charge in [-0.05, 0) is 34.5 Å². The Morgan fingerprint density at radius 3 is 3.12 bits per heavy atom. The predicted octanol–water partition coefficient (Wildman–Crippen LogP) is 3.01. The molecule has 0 bridgehead atoms. The number of nitrogens with zero attached hydrogens (tertiary/aromatic N) is 1. The SMILES string of the molecule is CCC1CN(C(=O)c2ccc(Br)o2)CCS1. The van der Waals surface area contributed by atoms with Gasteiger partial charge in [0.25, 0.3) is 5.91 Å². The van der Waals surface area contributed by atoms with Crippen LogP contribution >= 0.6 is 27.7 Å². The monoisotopic (exact) mass is 303 g/mol. The fraction of sp³-hybridized carbons (Fsp3) is 0.545. The maximum atomic E-state index is 12.1. The molecule has 1 aromatic heterocycles. The fourth-order valence-electron chi connectivity index (χ4n) is 1.74. The molecule has 0 N–H and O–H groups in total. The fourth-order valence-corrected chi connectivity index (χ4v) is 3.22. The molecular weight excluding hydrogens is 290 g/mol. The number of hydrogen-bond donors (Lipinski definition) is 0. The number of thioether (sulfide) groups is 1. The molecule has 1 saturated heterocycles. The number of rotatable bonds is 2. The van der Waals surface area contributed by atoms with E-state index in [0.717, 1.165) is 25.3 Å². The Balaban J connectivity index is 2.04. The molecule has 0 aliphatic carbocycles. The van der Waals surface area contributed by atoms with Gasteiger partial charge in [0.05, 0.1) is 0 Å². The Hall–Kier alpha value is -0.420. The lowest BCUT2D eigenvalue weighted by atomic mass is 10.2. The molecule has 1 aliphatic rings. The molecule has 0 saturated carbocycles. The van der Waals surface area contributed by atoms with E-state index in [-0.39, 0.29) is 5.91 Å². The molecule has 1 aliphatic heterocycles. The lowest BCUT2D eigenvalue weighted by Gasteiger charge is -2.31. The van der Waals surface area contributed by atoms with Crippen molar-refractivity contribution in [3.63, 3.8) is 0 Å². The first kappa shape index (κ1) is 12.0. The van der Waals surface area contributed by atoms with Gasteiger partial charge < -0.3 is 9.32 Å². The van der Waals surface area contributed by atoms with Crippen LogP contribution in [0.15, 0.2) is 21.2 Å². The topological polar surface area (TPSA) is 33.5 Å². The average molecular weight is 304 g/mol. The summed E-state index contributed by atoms with van der Waals surface area (Å²) in [5.74, 6) is 1.45. The van der Waals surface area contributed by atoms with Gasteiger partial charge in [-0.3, -0.25) is 4.79 Å². The average Bonchev–Trinajstić information content (AvgIpc) is 2.75. The molecule has 3 nitrogen and oxygen atoms in total. The summed E-state index contributed by atoms with van der Waals surface area (Å²) in [5, 5.41) is 0.566. The molecule has 1 unspecified atom stereocenters. The van der Waals surface area contributed by atoms with E-state index < -0.39 is 0 Å². The summed E-state index contributed by atoms with van der Waals surface area (Å²) in [7, 11) is 0. The number of carbonyl (C=O) groups excluding carboxylic acids is 1. The first-order valence-electron chi connectivity index (χ1n) is 5.37. The van der Waals surface area contributed by atoms with E-state index in [1.165, 1.54) is 0 Å². The van der Waals surface area contributed by atoms with Crippen molar-refractivity contribution >= 4 is 33.6 Å². The van der Waals surface area contributed by atoms with E-state index in [1.807, 2.05) is 16.7 Å². The second-order valence-corrected chi connectivity index (χ2v) is 5.95. The highest BCUT2D eigenvalue weighted by Gasteiger charge is 2.25. The van der Waals surface area contributed by atoms with Crippen LogP contribution in [0.2, 0.25) is 0 Å². The largest absolute Gasteiger partial charge is 0.444 e. The molecule has 2 heterocycles. The Bertz CT molecular complexity index is 380. The minimum absolute atomic E-state index is 0.00412. The number of hydrogen-bond acceptors (Lipinski definition) is 3. The summed E-state index contributed by atoms with van der Waals surface area (Å²) in [6.07, 6.45) is 1.11. The minimum atomic E-state index is 0.00412. The molecule has 1 aromatic rings. The van der Waals surface area contributed by atoms with Crippen molar-refractivity contribution in [1.82, 2.24) is 4.90 Å². The normalized spacial score (nSPS) is 21.1. The van der Waals surface area contributed by atoms with Crippen LogP contribution in [0.1, 0.15) is 23.9 Å². The van der Waals surface area contributed by atoms with Gasteiger partial charge in [0.15, 0.2) is 10.4 Å². The van der Waals surface area contributed by atoms with Crippen LogP contribution in [-0.4, -0.2) is 34.9 Å². The van der Waals surface area contributed by atoms with Crippen molar-refractivity contribution in [1.29, 1.82) is 0 Å². The van der Waals surface area contributed by atoms with Crippen molar-refractivity contribution in [2.75, 3.05) is 18.8 Å². The van der Waals surface area contributed by atoms with Crippen LogP contribution in [0.25, 0.3) is 0 Å². The molecule has 2 rings (SSSR count). The number of carbonyl (C=O) groups is 1. The summed E-state index contributed by atoms with van der Waals surface area (Å²) >= 11 is 5.16. The Labute approximate surface area is 108 Å². The Kier molecular flexibility index (Phi) is 3.97. The number of halogens is 1. The van der Waals surface area contributed by atoms with Crippen molar-refractivity contribution in [2.45, 2.75) is 18.6 Å². The first-order chi connectivity index (χ1) is 7.70. The van der Waals surface area contributed by atoms with Crippen LogP contribution in [0, 0.1) is 0 Å². The summed E-state index contributed by atoms with van der Waals surface area (Å²) in [6.45, 7) is 3.81. The van der Waals surface area contributed by atoms with Crippen molar-refractivity contribution in [2.24, 2.45) is 0 Å². The first-order valence-corrected chi connectivity index (χ1v) is 7.21. The quantitative estimate of drug-likeness (QED) is 0.842. The van der Waals surface area contributed by atoms with E-state index >= 15 is 0 Å². The summed E-state index contributed by atoms with van der Waals surface area (Å²) in [5.41, 5.74) is 0. The lowest BCUT2D eigenvalue weighted by Crippen LogP contribution is -2.41. The maximum Gasteiger partial charge on any atom is 0.289 e. The third-order valence-corrected chi connectivity index (χ3v) is 4.46. The number of amides is 1. The van der Waals surface area contributed by atoms with Crippen molar-refractivity contribution < 1.29 is 9.21 Å². The Morgan fingerprint density at radius 1 is 1.69 bits per heavy atom. The molecule has 1 amide bonds. The van der Waals surface area contributed by atoms with Gasteiger partial charge >= 0.3 is 0 Å². The highest BCUT2D eigenvalue weighted by molar-refractivity contribution is 9.10. The summed E-state index contributed by atoms with van der Waals surface area (Å²) in [4.78, 5) is 14.0. The van der Waals surface area contributed by atoms with E-state index in [4.69, 9.17) is 4.42 Å². The zero-order valence-electron chi connectivity index (χ0n) is 9.11. The van der Waals surface area contributed by atoms with Gasteiger partial charge in [-0.1, -0.05) is 6.92 Å². The third kappa shape index (κ3) is 2.63. The molecule has 16 heavy (non-hydrogen) atoms. The van der Waals surface area contributed by atoms with Gasteiger partial charge in [-0.2, -0.15) is 11.8 Å². The summed E-state index contributed by atoms with van der Waals surface area (Å²) in [6, 6.07) is 3.47. The van der Waals surface area contributed by atoms with Gasteiger partial charge in [0, 0.05) is 24.1 Å². The van der Waals surface area contributed by atoms with E-state index in [2.05, 4.69) is 22.9 Å². The van der Waals surface area contributed by atoms with Gasteiger partial charge in [0.1, 0.15) is 0 Å². The molecule has 1 atom stereocenters. The zero-order valence-corrected chi connectivity index (χ0v) is 11.5. The van der Waals surface area contributed by atoms with E-state index in [1.54, 1.807) is 12.1 Å². The van der Waals surface area contributed by atoms with Gasteiger partial charge in [0.2, 0.25) is 0 Å². The summed E-state index contributed by atoms with van der Waals surface area (Å²) < 4.78 is 5.89. The molecule has 1 fully saturated rings. The molecule has 0 spiro atoms. The minimum Gasteiger partial charge on any atom is -0.444 e. The molecule has 0 radical (unpaired) electrons. The second-order valence-electron chi connectivity index (χ2n) is 3.76. The third-order valence-electron chi connectivity index (χ3n) is 2.67. The second kappa shape index (κ2) is 5.27. The Morgan fingerprint density at radius 2 is 2.50 bits per heavy atom. The van der Waals surface area contributed by atoms with Crippen molar-refractivity contribution in [3.05, 3.63) is 22.6 Å². The van der Waals surface area contributed by atoms with Crippen LogP contribution in [0.4, 0.5) is 0 Å². The standard InChI is InChI=1S/C11H14BrNO2S/c1-2-8-7-13(5-6-16-8)11(14)9-3-4-10(12)15-9/h3-4,8H,2,5-7H2,1H3. The highest BCUT2D eigenvalue weighted by atomic mass is 79.9. The zero-order chi connectivity index (χ0) is 11.5. The molecule has 5 heteroatoms. The molecule has 0 aromatic carbocycles. The molecule has 88 valence electrons. The molecular formula is C11H14BrNO2S. The van der Waals surface area contributed by atoms with Crippen LogP contribution < -0.4 is 0 Å². The lowest BCUT2D eigenvalue weighted by molar-refractivity contribution is 0.0727. The van der Waals surface area contributed by atoms with Gasteiger partial charge in [-0.25, -0.2) is 0 Å². The maximum absolute atomic E-state index is 12.1. The van der Waals surface area contributed by atoms with Crippen molar-refractivity contribution in [3.8, 4) is 0 Å². The van der Waals surface area contributed by atoms with Crippen LogP contribution in [0.3, 0.4) is 0 Å². The van der Waals surface area contributed by atoms with Gasteiger partial charge in [-0.15, -0.1) is 0 Å². The smallest absolute Gasteiger partial charge is 0.289 e. The van der Waals surface area contributed by atoms with Crippen LogP contribution in [-0.2, 0) is 0 Å². The highest BCUT2D eigenvalue weighted by Crippen LogP contribution is 2.23. The van der Waals surface area contributed by atoms with E-state index in [0.29, 0.717) is 15.7 Å². The van der Waals surface area contributed by atoms with Crippen LogP contribution in [0.5, 0.6) is 0 Å². The predicted molar refractivity (Wildman–Crippen MR) is 68.8 cm³/mol. The van der Waals surface area contributed by atoms with E-state index in [9.17, 15) is 4.79 Å². The number of furan rings is 1.